The molecule has 1 aromatic rings. The number of nitrogens with two attached hydrogens (primary N) is 1. The molecule has 0 aliphatic rings. The largest absolute Gasteiger partial charge is 0.481 e. The van der Waals surface area contributed by atoms with Crippen LogP contribution in [0.15, 0.2) is 22.7 Å². The molecule has 0 atom stereocenters. The van der Waals surface area contributed by atoms with Gasteiger partial charge in [0.2, 0.25) is 0 Å². The Balaban J connectivity index is 2.94. The first-order valence-electron chi connectivity index (χ1n) is 5.30. The summed E-state index contributed by atoms with van der Waals surface area (Å²) in [7, 11) is 0. The van der Waals surface area contributed by atoms with Gasteiger partial charge in [-0.15, -0.1) is 0 Å². The quantitative estimate of drug-likeness (QED) is 0.775. The number of aliphatic carboxylic acids is 1. The van der Waals surface area contributed by atoms with E-state index in [9.17, 15) is 9.59 Å². The van der Waals surface area contributed by atoms with Gasteiger partial charge in [-0.2, -0.15) is 0 Å². The van der Waals surface area contributed by atoms with Crippen molar-refractivity contribution in [2.75, 3.05) is 11.9 Å². The second-order valence-electron chi connectivity index (χ2n) is 4.60. The van der Waals surface area contributed by atoms with Gasteiger partial charge in [0.05, 0.1) is 11.0 Å². The molecule has 0 saturated heterocycles. The monoisotopic (exact) mass is 314 g/mol. The van der Waals surface area contributed by atoms with E-state index in [4.69, 9.17) is 10.8 Å². The van der Waals surface area contributed by atoms with E-state index in [0.29, 0.717) is 11.3 Å². The molecule has 0 aliphatic heterocycles. The van der Waals surface area contributed by atoms with E-state index in [0.717, 1.165) is 4.47 Å². The fourth-order valence-electron chi connectivity index (χ4n) is 1.27. The lowest BCUT2D eigenvalue weighted by atomic mass is 9.93. The van der Waals surface area contributed by atoms with Crippen LogP contribution in [0.1, 0.15) is 24.2 Å². The number of carbonyl (C=O) groups is 2. The molecule has 4 N–H and O–H groups in total. The average Bonchev–Trinajstić information content (AvgIpc) is 2.26. The van der Waals surface area contributed by atoms with Crippen molar-refractivity contribution in [2.45, 2.75) is 13.8 Å². The summed E-state index contributed by atoms with van der Waals surface area (Å²) < 4.78 is 0.781. The molecule has 0 fully saturated rings. The zero-order valence-electron chi connectivity index (χ0n) is 10.2. The topological polar surface area (TPSA) is 92.4 Å². The van der Waals surface area contributed by atoms with Crippen molar-refractivity contribution in [3.8, 4) is 0 Å². The second kappa shape index (κ2) is 5.39. The molecule has 18 heavy (non-hydrogen) atoms. The van der Waals surface area contributed by atoms with Gasteiger partial charge in [-0.25, -0.2) is 0 Å². The summed E-state index contributed by atoms with van der Waals surface area (Å²) in [6.45, 7) is 3.40. The van der Waals surface area contributed by atoms with Crippen molar-refractivity contribution in [3.63, 3.8) is 0 Å². The number of carboxylic acid groups (broad SMARTS) is 1. The van der Waals surface area contributed by atoms with Crippen LogP contribution in [0.4, 0.5) is 5.69 Å². The van der Waals surface area contributed by atoms with Crippen LogP contribution in [0.25, 0.3) is 0 Å². The number of amides is 1. The van der Waals surface area contributed by atoms with Gasteiger partial charge in [-0.05, 0) is 32.0 Å². The van der Waals surface area contributed by atoms with Gasteiger partial charge in [-0.1, -0.05) is 15.9 Å². The van der Waals surface area contributed by atoms with Crippen molar-refractivity contribution < 1.29 is 14.7 Å². The van der Waals surface area contributed by atoms with Crippen LogP contribution in [0.2, 0.25) is 0 Å². The Labute approximate surface area is 113 Å². The number of halogens is 1. The number of carbonyl (C=O) groups excluding carboxylic acids is 1. The molecule has 0 unspecified atom stereocenters. The molecule has 0 radical (unpaired) electrons. The number of primary amides is 1. The summed E-state index contributed by atoms with van der Waals surface area (Å²) in [6.07, 6.45) is 0. The third-order valence-electron chi connectivity index (χ3n) is 2.55. The highest BCUT2D eigenvalue weighted by Gasteiger charge is 2.27. The smallest absolute Gasteiger partial charge is 0.310 e. The minimum absolute atomic E-state index is 0.194. The molecule has 0 saturated carbocycles. The highest BCUT2D eigenvalue weighted by Crippen LogP contribution is 2.23. The number of hydrogen-bond donors (Lipinski definition) is 3. The summed E-state index contributed by atoms with van der Waals surface area (Å²) >= 11 is 3.29. The van der Waals surface area contributed by atoms with E-state index in [1.165, 1.54) is 0 Å². The summed E-state index contributed by atoms with van der Waals surface area (Å²) in [5, 5.41) is 12.0. The first-order chi connectivity index (χ1) is 8.24. The van der Waals surface area contributed by atoms with Crippen LogP contribution >= 0.6 is 15.9 Å². The fraction of sp³-hybridized carbons (Fsp3) is 0.333. The van der Waals surface area contributed by atoms with Gasteiger partial charge in [0, 0.05) is 16.7 Å². The normalized spacial score (nSPS) is 11.1. The lowest BCUT2D eigenvalue weighted by Gasteiger charge is -2.21. The molecular formula is C12H15BrN2O3. The third-order valence-corrected chi connectivity index (χ3v) is 3.04. The summed E-state index contributed by atoms with van der Waals surface area (Å²) in [5.74, 6) is -1.47. The van der Waals surface area contributed by atoms with Crippen LogP contribution in [-0.4, -0.2) is 23.5 Å². The van der Waals surface area contributed by atoms with Gasteiger partial charge in [0.15, 0.2) is 0 Å². The number of hydrogen-bond acceptors (Lipinski definition) is 3. The molecule has 98 valence electrons. The standard InChI is InChI=1S/C12H15BrN2O3/c1-12(2,11(17)18)6-15-9-5-7(13)3-4-8(9)10(14)16/h3-5,15H,6H2,1-2H3,(H2,14,16)(H,17,18). The molecule has 0 bridgehead atoms. The highest BCUT2D eigenvalue weighted by atomic mass is 79.9. The van der Waals surface area contributed by atoms with E-state index in [1.54, 1.807) is 32.0 Å². The first-order valence-corrected chi connectivity index (χ1v) is 6.10. The van der Waals surface area contributed by atoms with Gasteiger partial charge in [0.25, 0.3) is 5.91 Å². The maximum atomic E-state index is 11.2. The predicted octanol–water partition coefficient (Wildman–Crippen LogP) is 2.07. The molecule has 6 heteroatoms. The van der Waals surface area contributed by atoms with Crippen molar-refractivity contribution in [1.82, 2.24) is 0 Å². The van der Waals surface area contributed by atoms with Crippen molar-refractivity contribution in [3.05, 3.63) is 28.2 Å². The van der Waals surface area contributed by atoms with Gasteiger partial charge >= 0.3 is 5.97 Å². The molecule has 0 aliphatic carbocycles. The van der Waals surface area contributed by atoms with Crippen LogP contribution in [0, 0.1) is 5.41 Å². The number of nitrogens with one attached hydrogen (secondary N) is 1. The van der Waals surface area contributed by atoms with Gasteiger partial charge in [0.1, 0.15) is 0 Å². The van der Waals surface area contributed by atoms with E-state index in [-0.39, 0.29) is 6.54 Å². The van der Waals surface area contributed by atoms with E-state index < -0.39 is 17.3 Å². The second-order valence-corrected chi connectivity index (χ2v) is 5.51. The minimum atomic E-state index is -0.933. The minimum Gasteiger partial charge on any atom is -0.481 e. The molecule has 0 aromatic heterocycles. The molecule has 1 rings (SSSR count). The molecule has 0 spiro atoms. The highest BCUT2D eigenvalue weighted by molar-refractivity contribution is 9.10. The van der Waals surface area contributed by atoms with Gasteiger partial charge in [-0.3, -0.25) is 9.59 Å². The van der Waals surface area contributed by atoms with Crippen molar-refractivity contribution in [2.24, 2.45) is 11.1 Å². The molecule has 1 aromatic carbocycles. The van der Waals surface area contributed by atoms with Crippen LogP contribution in [-0.2, 0) is 4.79 Å². The van der Waals surface area contributed by atoms with Crippen molar-refractivity contribution >= 4 is 33.5 Å². The van der Waals surface area contributed by atoms with E-state index in [2.05, 4.69) is 21.2 Å². The first kappa shape index (κ1) is 14.5. The molecule has 0 heterocycles. The Morgan fingerprint density at radius 3 is 2.56 bits per heavy atom. The maximum absolute atomic E-state index is 11.2. The molecule has 1 amide bonds. The third kappa shape index (κ3) is 3.46. The Morgan fingerprint density at radius 1 is 1.44 bits per heavy atom. The Bertz CT molecular complexity index is 486. The lowest BCUT2D eigenvalue weighted by molar-refractivity contribution is -0.146. The number of rotatable bonds is 5. The Morgan fingerprint density at radius 2 is 2.06 bits per heavy atom. The maximum Gasteiger partial charge on any atom is 0.310 e. The molecule has 5 nitrogen and oxygen atoms in total. The summed E-state index contributed by atoms with van der Waals surface area (Å²) in [6, 6.07) is 4.98. The van der Waals surface area contributed by atoms with Crippen LogP contribution in [0.5, 0.6) is 0 Å². The number of anilines is 1. The van der Waals surface area contributed by atoms with Crippen LogP contribution < -0.4 is 11.1 Å². The Hall–Kier alpha value is -1.56. The molecular weight excluding hydrogens is 300 g/mol. The zero-order valence-corrected chi connectivity index (χ0v) is 11.7. The van der Waals surface area contributed by atoms with E-state index >= 15 is 0 Å². The predicted molar refractivity (Wildman–Crippen MR) is 72.6 cm³/mol. The number of benzene rings is 1. The fourth-order valence-corrected chi connectivity index (χ4v) is 1.63. The average molecular weight is 315 g/mol. The van der Waals surface area contributed by atoms with E-state index in [1.807, 2.05) is 0 Å². The summed E-state index contributed by atoms with van der Waals surface area (Å²) in [5.41, 5.74) is 5.17. The SMILES string of the molecule is CC(C)(CNc1cc(Br)ccc1C(N)=O)C(=O)O. The summed E-state index contributed by atoms with van der Waals surface area (Å²) in [4.78, 5) is 22.2. The zero-order chi connectivity index (χ0) is 13.9. The lowest BCUT2D eigenvalue weighted by Crippen LogP contribution is -2.32. The van der Waals surface area contributed by atoms with Gasteiger partial charge < -0.3 is 16.2 Å². The Kier molecular flexibility index (Phi) is 4.34. The van der Waals surface area contributed by atoms with Crippen LogP contribution in [0.3, 0.4) is 0 Å². The van der Waals surface area contributed by atoms with Crippen molar-refractivity contribution in [1.29, 1.82) is 0 Å². The number of carboxylic acids is 1.